The molecular formula is C19H21ClN2O2S. The van der Waals surface area contributed by atoms with Crippen molar-refractivity contribution in [1.82, 2.24) is 4.31 Å². The van der Waals surface area contributed by atoms with Crippen LogP contribution >= 0.6 is 11.6 Å². The van der Waals surface area contributed by atoms with E-state index in [0.717, 1.165) is 24.9 Å². The third kappa shape index (κ3) is 3.28. The van der Waals surface area contributed by atoms with Crippen molar-refractivity contribution in [3.63, 3.8) is 0 Å². The van der Waals surface area contributed by atoms with Gasteiger partial charge in [0.1, 0.15) is 0 Å². The van der Waals surface area contributed by atoms with Gasteiger partial charge in [-0.3, -0.25) is 0 Å². The summed E-state index contributed by atoms with van der Waals surface area (Å²) in [5.74, 6) is 0. The second-order valence-corrected chi connectivity index (χ2v) is 9.03. The highest BCUT2D eigenvalue weighted by molar-refractivity contribution is 7.89. The van der Waals surface area contributed by atoms with Gasteiger partial charge in [-0.15, -0.1) is 0 Å². The van der Waals surface area contributed by atoms with Crippen LogP contribution in [0.3, 0.4) is 0 Å². The SMILES string of the molecule is O=S(=O)(c1ccc2c(c1)CCC2)N1CCN(c2ccc(Cl)cc2)CC1. The van der Waals surface area contributed by atoms with Crippen molar-refractivity contribution in [2.45, 2.75) is 24.2 Å². The van der Waals surface area contributed by atoms with Gasteiger partial charge >= 0.3 is 0 Å². The summed E-state index contributed by atoms with van der Waals surface area (Å²) in [7, 11) is -3.41. The number of anilines is 1. The molecule has 1 aliphatic heterocycles. The van der Waals surface area contributed by atoms with E-state index in [1.807, 2.05) is 36.4 Å². The molecule has 2 aromatic rings. The van der Waals surface area contributed by atoms with Gasteiger partial charge in [-0.05, 0) is 66.8 Å². The number of rotatable bonds is 3. The molecule has 4 rings (SSSR count). The quantitative estimate of drug-likeness (QED) is 0.824. The molecule has 0 unspecified atom stereocenters. The third-order valence-electron chi connectivity index (χ3n) is 5.14. The fourth-order valence-electron chi connectivity index (χ4n) is 3.70. The summed E-state index contributed by atoms with van der Waals surface area (Å²) in [6, 6.07) is 13.3. The normalized spacial score (nSPS) is 18.4. The van der Waals surface area contributed by atoms with Crippen LogP contribution in [0.15, 0.2) is 47.4 Å². The Bertz CT molecular complexity index is 873. The van der Waals surface area contributed by atoms with Gasteiger partial charge in [0.2, 0.25) is 10.0 Å². The third-order valence-corrected chi connectivity index (χ3v) is 7.28. The van der Waals surface area contributed by atoms with Crippen molar-refractivity contribution in [2.24, 2.45) is 0 Å². The summed E-state index contributed by atoms with van der Waals surface area (Å²) >= 11 is 5.94. The Balaban J connectivity index is 1.48. The average Bonchev–Trinajstić information content (AvgIpc) is 3.10. The molecule has 0 atom stereocenters. The number of piperazine rings is 1. The molecule has 0 radical (unpaired) electrons. The standard InChI is InChI=1S/C19H21ClN2O2S/c20-17-5-7-18(8-6-17)21-10-12-22(13-11-21)25(23,24)19-9-4-15-2-1-3-16(15)14-19/h4-9,14H,1-3,10-13H2. The zero-order valence-corrected chi connectivity index (χ0v) is 15.6. The lowest BCUT2D eigenvalue weighted by atomic mass is 10.1. The Morgan fingerprint density at radius 2 is 1.52 bits per heavy atom. The van der Waals surface area contributed by atoms with E-state index in [1.54, 1.807) is 10.4 Å². The van der Waals surface area contributed by atoms with Crippen LogP contribution < -0.4 is 4.90 Å². The maximum Gasteiger partial charge on any atom is 0.243 e. The highest BCUT2D eigenvalue weighted by atomic mass is 35.5. The van der Waals surface area contributed by atoms with E-state index in [2.05, 4.69) is 4.90 Å². The van der Waals surface area contributed by atoms with Gasteiger partial charge in [-0.25, -0.2) is 8.42 Å². The van der Waals surface area contributed by atoms with Crippen LogP contribution in [0.2, 0.25) is 5.02 Å². The van der Waals surface area contributed by atoms with Crippen molar-refractivity contribution in [3.05, 3.63) is 58.6 Å². The molecule has 1 saturated heterocycles. The Morgan fingerprint density at radius 1 is 0.840 bits per heavy atom. The van der Waals surface area contributed by atoms with Crippen LogP contribution in [0.4, 0.5) is 5.69 Å². The van der Waals surface area contributed by atoms with Crippen LogP contribution in [-0.4, -0.2) is 38.9 Å². The molecular weight excluding hydrogens is 356 g/mol. The number of sulfonamides is 1. The molecule has 1 fully saturated rings. The van der Waals surface area contributed by atoms with Crippen molar-refractivity contribution >= 4 is 27.3 Å². The van der Waals surface area contributed by atoms with Crippen LogP contribution in [-0.2, 0) is 22.9 Å². The maximum atomic E-state index is 13.0. The van der Waals surface area contributed by atoms with Crippen molar-refractivity contribution in [3.8, 4) is 0 Å². The van der Waals surface area contributed by atoms with Gasteiger partial charge in [-0.2, -0.15) is 4.31 Å². The van der Waals surface area contributed by atoms with E-state index in [9.17, 15) is 8.42 Å². The van der Waals surface area contributed by atoms with Crippen molar-refractivity contribution in [2.75, 3.05) is 31.1 Å². The number of aryl methyl sites for hydroxylation is 2. The molecule has 2 aromatic carbocycles. The second-order valence-electron chi connectivity index (χ2n) is 6.65. The lowest BCUT2D eigenvalue weighted by Crippen LogP contribution is -2.48. The predicted molar refractivity (Wildman–Crippen MR) is 101 cm³/mol. The molecule has 4 nitrogen and oxygen atoms in total. The van der Waals surface area contributed by atoms with Gasteiger partial charge in [0.15, 0.2) is 0 Å². The minimum Gasteiger partial charge on any atom is -0.369 e. The molecule has 1 aliphatic carbocycles. The first-order valence-electron chi connectivity index (χ1n) is 8.66. The molecule has 0 N–H and O–H groups in total. The number of benzene rings is 2. The molecule has 132 valence electrons. The number of hydrogen-bond donors (Lipinski definition) is 0. The lowest BCUT2D eigenvalue weighted by Gasteiger charge is -2.35. The van der Waals surface area contributed by atoms with Gasteiger partial charge in [-0.1, -0.05) is 17.7 Å². The summed E-state index contributed by atoms with van der Waals surface area (Å²) in [6.45, 7) is 2.38. The topological polar surface area (TPSA) is 40.6 Å². The van der Waals surface area contributed by atoms with E-state index < -0.39 is 10.0 Å². The van der Waals surface area contributed by atoms with Crippen molar-refractivity contribution in [1.29, 1.82) is 0 Å². The van der Waals surface area contributed by atoms with E-state index >= 15 is 0 Å². The summed E-state index contributed by atoms with van der Waals surface area (Å²) in [5, 5.41) is 0.710. The van der Waals surface area contributed by atoms with Gasteiger partial charge in [0.25, 0.3) is 0 Å². The summed E-state index contributed by atoms with van der Waals surface area (Å²) < 4.78 is 27.5. The van der Waals surface area contributed by atoms with Gasteiger partial charge < -0.3 is 4.90 Å². The Hall–Kier alpha value is -1.56. The van der Waals surface area contributed by atoms with Crippen LogP contribution in [0, 0.1) is 0 Å². The van der Waals surface area contributed by atoms with E-state index in [1.165, 1.54) is 11.1 Å². The smallest absolute Gasteiger partial charge is 0.243 e. The first-order valence-corrected chi connectivity index (χ1v) is 10.5. The minimum absolute atomic E-state index is 0.438. The first-order chi connectivity index (χ1) is 12.0. The molecule has 0 aromatic heterocycles. The van der Waals surface area contributed by atoms with Gasteiger partial charge in [0, 0.05) is 36.9 Å². The maximum absolute atomic E-state index is 13.0. The largest absolute Gasteiger partial charge is 0.369 e. The number of hydrogen-bond acceptors (Lipinski definition) is 3. The van der Waals surface area contributed by atoms with E-state index in [4.69, 9.17) is 11.6 Å². The second kappa shape index (κ2) is 6.63. The Kier molecular flexibility index (Phi) is 4.48. The lowest BCUT2D eigenvalue weighted by molar-refractivity contribution is 0.385. The van der Waals surface area contributed by atoms with Crippen LogP contribution in [0.1, 0.15) is 17.5 Å². The number of halogens is 1. The fourth-order valence-corrected chi connectivity index (χ4v) is 5.30. The summed E-state index contributed by atoms with van der Waals surface area (Å²) in [6.07, 6.45) is 3.18. The summed E-state index contributed by atoms with van der Waals surface area (Å²) in [4.78, 5) is 2.64. The monoisotopic (exact) mass is 376 g/mol. The van der Waals surface area contributed by atoms with Crippen LogP contribution in [0.5, 0.6) is 0 Å². The zero-order valence-electron chi connectivity index (χ0n) is 14.0. The molecule has 0 spiro atoms. The Labute approximate surface area is 154 Å². The van der Waals surface area contributed by atoms with Crippen LogP contribution in [0.25, 0.3) is 0 Å². The molecule has 0 saturated carbocycles. The van der Waals surface area contributed by atoms with Crippen molar-refractivity contribution < 1.29 is 8.42 Å². The summed E-state index contributed by atoms with van der Waals surface area (Å²) in [5.41, 5.74) is 3.58. The van der Waals surface area contributed by atoms with E-state index in [-0.39, 0.29) is 0 Å². The molecule has 0 amide bonds. The predicted octanol–water partition coefficient (Wildman–Crippen LogP) is 3.34. The molecule has 0 bridgehead atoms. The number of nitrogens with zero attached hydrogens (tertiary/aromatic N) is 2. The molecule has 25 heavy (non-hydrogen) atoms. The van der Waals surface area contributed by atoms with E-state index in [0.29, 0.717) is 36.1 Å². The number of fused-ring (bicyclic) bond motifs is 1. The molecule has 2 aliphatic rings. The Morgan fingerprint density at radius 3 is 2.24 bits per heavy atom. The molecule has 6 heteroatoms. The zero-order chi connectivity index (χ0) is 17.4. The minimum atomic E-state index is -3.41. The van der Waals surface area contributed by atoms with Gasteiger partial charge in [0.05, 0.1) is 4.90 Å². The highest BCUT2D eigenvalue weighted by Gasteiger charge is 2.29. The molecule has 1 heterocycles. The highest BCUT2D eigenvalue weighted by Crippen LogP contribution is 2.27. The first kappa shape index (κ1) is 16.9. The fraction of sp³-hybridized carbons (Fsp3) is 0.368. The average molecular weight is 377 g/mol.